The lowest BCUT2D eigenvalue weighted by Crippen LogP contribution is -2.39. The molecule has 1 aromatic rings. The number of benzene rings is 1. The highest BCUT2D eigenvalue weighted by Crippen LogP contribution is 2.41. The summed E-state index contributed by atoms with van der Waals surface area (Å²) in [7, 11) is -3.63. The third-order valence-electron chi connectivity index (χ3n) is 3.41. The van der Waals surface area contributed by atoms with E-state index in [-0.39, 0.29) is 16.9 Å². The molecule has 2 unspecified atom stereocenters. The van der Waals surface area contributed by atoms with Gasteiger partial charge in [-0.15, -0.1) is 0 Å². The minimum Gasteiger partial charge on any atom is -0.488 e. The van der Waals surface area contributed by atoms with Gasteiger partial charge < -0.3 is 10.1 Å². The van der Waals surface area contributed by atoms with Gasteiger partial charge in [-0.3, -0.25) is 0 Å². The number of piperidine rings is 1. The molecule has 0 bridgehead atoms. The number of hydrogen-bond acceptors (Lipinski definition) is 4. The second-order valence-electron chi connectivity index (χ2n) is 4.50. The lowest BCUT2D eigenvalue weighted by Gasteiger charge is -2.24. The Kier molecular flexibility index (Phi) is 2.39. The van der Waals surface area contributed by atoms with Gasteiger partial charge >= 0.3 is 0 Å². The molecule has 0 saturated carbocycles. The summed E-state index contributed by atoms with van der Waals surface area (Å²) >= 11 is 0. The molecule has 5 nitrogen and oxygen atoms in total. The maximum absolute atomic E-state index is 11.3. The van der Waals surface area contributed by atoms with E-state index >= 15 is 0 Å². The number of sulfonamides is 1. The molecule has 0 aliphatic carbocycles. The first kappa shape index (κ1) is 11.0. The highest BCUT2D eigenvalue weighted by molar-refractivity contribution is 7.89. The minimum atomic E-state index is -3.63. The number of primary sulfonamides is 1. The van der Waals surface area contributed by atoms with Crippen molar-refractivity contribution in [1.82, 2.24) is 5.32 Å². The Labute approximate surface area is 100 Å². The van der Waals surface area contributed by atoms with E-state index in [9.17, 15) is 8.42 Å². The van der Waals surface area contributed by atoms with Crippen LogP contribution < -0.4 is 15.2 Å². The van der Waals surface area contributed by atoms with Crippen LogP contribution in [0.25, 0.3) is 0 Å². The quantitative estimate of drug-likeness (QED) is 0.748. The van der Waals surface area contributed by atoms with Crippen molar-refractivity contribution in [3.05, 3.63) is 23.8 Å². The third-order valence-corrected chi connectivity index (χ3v) is 4.33. The van der Waals surface area contributed by atoms with Crippen LogP contribution in [-0.4, -0.2) is 27.6 Å². The normalized spacial score (nSPS) is 27.1. The summed E-state index contributed by atoms with van der Waals surface area (Å²) < 4.78 is 28.4. The Bertz CT molecular complexity index is 556. The van der Waals surface area contributed by atoms with E-state index < -0.39 is 10.0 Å². The second-order valence-corrected chi connectivity index (χ2v) is 6.06. The lowest BCUT2D eigenvalue weighted by molar-refractivity contribution is 0.177. The molecule has 1 saturated heterocycles. The SMILES string of the molecule is NS(=O)(=O)c1ccc2c(c1)C1CCNCC1O2. The van der Waals surface area contributed by atoms with E-state index in [1.807, 2.05) is 0 Å². The number of ether oxygens (including phenoxy) is 1. The van der Waals surface area contributed by atoms with Crippen molar-refractivity contribution >= 4 is 10.0 Å². The highest BCUT2D eigenvalue weighted by atomic mass is 32.2. The number of rotatable bonds is 1. The number of fused-ring (bicyclic) bond motifs is 3. The summed E-state index contributed by atoms with van der Waals surface area (Å²) in [5.41, 5.74) is 0.975. The fourth-order valence-corrected chi connectivity index (χ4v) is 3.12. The van der Waals surface area contributed by atoms with Crippen molar-refractivity contribution in [2.75, 3.05) is 13.1 Å². The molecule has 0 spiro atoms. The number of nitrogens with one attached hydrogen (secondary N) is 1. The second kappa shape index (κ2) is 3.69. The monoisotopic (exact) mass is 254 g/mol. The summed E-state index contributed by atoms with van der Waals surface area (Å²) in [6, 6.07) is 4.85. The molecule has 17 heavy (non-hydrogen) atoms. The molecule has 2 aliphatic heterocycles. The largest absolute Gasteiger partial charge is 0.488 e. The van der Waals surface area contributed by atoms with Crippen molar-refractivity contribution in [2.45, 2.75) is 23.3 Å². The predicted octanol–water partition coefficient (Wildman–Crippen LogP) is 0.172. The predicted molar refractivity (Wildman–Crippen MR) is 62.5 cm³/mol. The maximum atomic E-state index is 11.3. The molecule has 2 heterocycles. The summed E-state index contributed by atoms with van der Waals surface area (Å²) in [6.45, 7) is 1.74. The minimum absolute atomic E-state index is 0.120. The molecule has 6 heteroatoms. The standard InChI is InChI=1S/C11H14N2O3S/c12-17(14,15)7-1-2-10-9(5-7)8-3-4-13-6-11(8)16-10/h1-2,5,8,11,13H,3-4,6H2,(H2,12,14,15). The Morgan fingerprint density at radius 1 is 1.41 bits per heavy atom. The summed E-state index contributed by atoms with van der Waals surface area (Å²) in [5.74, 6) is 1.07. The molecule has 3 N–H and O–H groups in total. The van der Waals surface area contributed by atoms with Crippen LogP contribution in [0.1, 0.15) is 17.9 Å². The van der Waals surface area contributed by atoms with Crippen LogP contribution in [0.2, 0.25) is 0 Å². The zero-order valence-electron chi connectivity index (χ0n) is 9.22. The van der Waals surface area contributed by atoms with Crippen LogP contribution in [-0.2, 0) is 10.0 Å². The topological polar surface area (TPSA) is 81.4 Å². The third kappa shape index (κ3) is 1.82. The lowest BCUT2D eigenvalue weighted by atomic mass is 9.90. The van der Waals surface area contributed by atoms with Gasteiger partial charge in [0.05, 0.1) is 4.90 Å². The van der Waals surface area contributed by atoms with Crippen molar-refractivity contribution in [3.63, 3.8) is 0 Å². The first-order valence-electron chi connectivity index (χ1n) is 5.60. The number of hydrogen-bond donors (Lipinski definition) is 2. The van der Waals surface area contributed by atoms with Crippen LogP contribution in [0.15, 0.2) is 23.1 Å². The highest BCUT2D eigenvalue weighted by Gasteiger charge is 2.36. The molecular weight excluding hydrogens is 240 g/mol. The summed E-state index contributed by atoms with van der Waals surface area (Å²) in [4.78, 5) is 0.166. The van der Waals surface area contributed by atoms with E-state index in [0.29, 0.717) is 0 Å². The van der Waals surface area contributed by atoms with Gasteiger partial charge in [0, 0.05) is 18.0 Å². The zero-order chi connectivity index (χ0) is 12.0. The van der Waals surface area contributed by atoms with E-state index in [2.05, 4.69) is 5.32 Å². The molecule has 0 radical (unpaired) electrons. The Morgan fingerprint density at radius 2 is 2.24 bits per heavy atom. The molecule has 1 aromatic carbocycles. The van der Waals surface area contributed by atoms with E-state index in [4.69, 9.17) is 9.88 Å². The first-order chi connectivity index (χ1) is 8.05. The maximum Gasteiger partial charge on any atom is 0.238 e. The van der Waals surface area contributed by atoms with Crippen LogP contribution >= 0.6 is 0 Å². The first-order valence-corrected chi connectivity index (χ1v) is 7.14. The fourth-order valence-electron chi connectivity index (χ4n) is 2.57. The smallest absolute Gasteiger partial charge is 0.238 e. The fraction of sp³-hybridized carbons (Fsp3) is 0.455. The van der Waals surface area contributed by atoms with Gasteiger partial charge in [-0.2, -0.15) is 0 Å². The Balaban J connectivity index is 2.05. The molecule has 0 amide bonds. The summed E-state index contributed by atoms with van der Waals surface area (Å²) in [6.07, 6.45) is 1.08. The average molecular weight is 254 g/mol. The van der Waals surface area contributed by atoms with Gasteiger partial charge in [-0.05, 0) is 31.2 Å². The molecule has 1 fully saturated rings. The molecule has 3 rings (SSSR count). The van der Waals surface area contributed by atoms with Crippen LogP contribution in [0.4, 0.5) is 0 Å². The van der Waals surface area contributed by atoms with E-state index in [1.54, 1.807) is 12.1 Å². The molecule has 2 aliphatic rings. The molecule has 92 valence electrons. The summed E-state index contributed by atoms with van der Waals surface area (Å²) in [5, 5.41) is 8.41. The van der Waals surface area contributed by atoms with Gasteiger partial charge in [0.1, 0.15) is 11.9 Å². The van der Waals surface area contributed by atoms with Crippen LogP contribution in [0, 0.1) is 0 Å². The van der Waals surface area contributed by atoms with Gasteiger partial charge in [0.15, 0.2) is 0 Å². The van der Waals surface area contributed by atoms with Gasteiger partial charge in [-0.1, -0.05) is 0 Å². The van der Waals surface area contributed by atoms with Crippen LogP contribution in [0.5, 0.6) is 5.75 Å². The van der Waals surface area contributed by atoms with Crippen molar-refractivity contribution in [3.8, 4) is 5.75 Å². The average Bonchev–Trinajstić information content (AvgIpc) is 2.65. The van der Waals surface area contributed by atoms with Gasteiger partial charge in [0.2, 0.25) is 10.0 Å². The molecular formula is C11H14N2O3S. The molecule has 0 aromatic heterocycles. The Hall–Kier alpha value is -1.11. The van der Waals surface area contributed by atoms with Gasteiger partial charge in [-0.25, -0.2) is 13.6 Å². The van der Waals surface area contributed by atoms with E-state index in [1.165, 1.54) is 6.07 Å². The van der Waals surface area contributed by atoms with Crippen molar-refractivity contribution in [1.29, 1.82) is 0 Å². The van der Waals surface area contributed by atoms with E-state index in [0.717, 1.165) is 30.8 Å². The van der Waals surface area contributed by atoms with Crippen LogP contribution in [0.3, 0.4) is 0 Å². The molecule has 2 atom stereocenters. The van der Waals surface area contributed by atoms with Crippen molar-refractivity contribution in [2.24, 2.45) is 5.14 Å². The Morgan fingerprint density at radius 3 is 3.00 bits per heavy atom. The van der Waals surface area contributed by atoms with Gasteiger partial charge in [0.25, 0.3) is 0 Å². The van der Waals surface area contributed by atoms with Crippen molar-refractivity contribution < 1.29 is 13.2 Å². The number of nitrogens with two attached hydrogens (primary N) is 1. The zero-order valence-corrected chi connectivity index (χ0v) is 10.0.